The van der Waals surface area contributed by atoms with Crippen molar-refractivity contribution in [1.82, 2.24) is 9.97 Å². The molecule has 0 bridgehead atoms. The first kappa shape index (κ1) is 22.7. The molecule has 168 valence electrons. The molecular formula is C22H24ClN5O2S2. The molecule has 2 aromatic carbocycles. The summed E-state index contributed by atoms with van der Waals surface area (Å²) in [4.78, 5) is 12.7. The molecule has 1 aliphatic heterocycles. The Morgan fingerprint density at radius 1 is 0.938 bits per heavy atom. The summed E-state index contributed by atoms with van der Waals surface area (Å²) in [6.07, 6.45) is 4.68. The number of hydrogen-bond donors (Lipinski definition) is 2. The van der Waals surface area contributed by atoms with Gasteiger partial charge in [-0.15, -0.1) is 0 Å². The molecule has 1 aliphatic rings. The third kappa shape index (κ3) is 6.51. The van der Waals surface area contributed by atoms with Gasteiger partial charge in [0.15, 0.2) is 5.16 Å². The topological polar surface area (TPSA) is 87.2 Å². The fourth-order valence-electron chi connectivity index (χ4n) is 3.40. The lowest BCUT2D eigenvalue weighted by atomic mass is 10.1. The van der Waals surface area contributed by atoms with Crippen molar-refractivity contribution in [3.63, 3.8) is 0 Å². The number of rotatable bonds is 7. The van der Waals surface area contributed by atoms with E-state index in [2.05, 4.69) is 14.9 Å². The van der Waals surface area contributed by atoms with Crippen molar-refractivity contribution in [2.75, 3.05) is 34.3 Å². The molecule has 0 atom stereocenters. The fourth-order valence-corrected chi connectivity index (χ4v) is 4.86. The van der Waals surface area contributed by atoms with Gasteiger partial charge in [0.25, 0.3) is 0 Å². The van der Waals surface area contributed by atoms with E-state index in [4.69, 9.17) is 21.6 Å². The summed E-state index contributed by atoms with van der Waals surface area (Å²) in [7, 11) is -3.31. The van der Waals surface area contributed by atoms with Crippen molar-refractivity contribution < 1.29 is 8.42 Å². The normalized spacial score (nSPS) is 14.2. The zero-order chi connectivity index (χ0) is 22.6. The lowest BCUT2D eigenvalue weighted by Gasteiger charge is -2.28. The minimum atomic E-state index is -3.31. The molecule has 0 aliphatic carbocycles. The van der Waals surface area contributed by atoms with E-state index in [1.165, 1.54) is 18.2 Å². The lowest BCUT2D eigenvalue weighted by Crippen LogP contribution is -2.30. The summed E-state index contributed by atoms with van der Waals surface area (Å²) in [5.74, 6) is 1.61. The second-order valence-corrected chi connectivity index (χ2v) is 10.8. The highest BCUT2D eigenvalue weighted by Gasteiger charge is 2.16. The van der Waals surface area contributed by atoms with Crippen LogP contribution >= 0.6 is 23.4 Å². The van der Waals surface area contributed by atoms with Crippen molar-refractivity contribution >= 4 is 56.4 Å². The Labute approximate surface area is 197 Å². The van der Waals surface area contributed by atoms with Crippen molar-refractivity contribution in [3.8, 4) is 0 Å². The van der Waals surface area contributed by atoms with Crippen LogP contribution in [-0.4, -0.2) is 37.7 Å². The van der Waals surface area contributed by atoms with Crippen molar-refractivity contribution in [2.45, 2.75) is 29.3 Å². The number of hydrogen-bond acceptors (Lipinski definition) is 7. The quantitative estimate of drug-likeness (QED) is 0.430. The molecule has 2 N–H and O–H groups in total. The zero-order valence-electron chi connectivity index (χ0n) is 17.6. The summed E-state index contributed by atoms with van der Waals surface area (Å²) >= 11 is 7.43. The molecule has 0 unspecified atom stereocenters. The molecule has 0 radical (unpaired) electrons. The minimum Gasteiger partial charge on any atom is -0.356 e. The number of aromatic nitrogens is 2. The fraction of sp³-hybridized carbons (Fsp3) is 0.273. The van der Waals surface area contributed by atoms with Crippen LogP contribution in [0.5, 0.6) is 0 Å². The molecule has 0 spiro atoms. The first-order chi connectivity index (χ1) is 15.3. The Bertz CT molecular complexity index is 1170. The van der Waals surface area contributed by atoms with Gasteiger partial charge < -0.3 is 10.2 Å². The second kappa shape index (κ2) is 9.97. The van der Waals surface area contributed by atoms with E-state index in [-0.39, 0.29) is 0 Å². The summed E-state index contributed by atoms with van der Waals surface area (Å²) in [5, 5.41) is 4.64. The van der Waals surface area contributed by atoms with Crippen LogP contribution in [0.25, 0.3) is 0 Å². The van der Waals surface area contributed by atoms with Gasteiger partial charge >= 0.3 is 0 Å². The van der Waals surface area contributed by atoms with Gasteiger partial charge in [0, 0.05) is 40.4 Å². The molecule has 1 fully saturated rings. The first-order valence-corrected chi connectivity index (χ1v) is 13.3. The number of nitrogens with zero attached hydrogens (tertiary/aromatic N) is 3. The Morgan fingerprint density at radius 2 is 1.59 bits per heavy atom. The molecule has 2 heterocycles. The predicted octanol–water partition coefficient (Wildman–Crippen LogP) is 5.39. The van der Waals surface area contributed by atoms with E-state index in [0.29, 0.717) is 21.7 Å². The predicted molar refractivity (Wildman–Crippen MR) is 132 cm³/mol. The maximum Gasteiger partial charge on any atom is 0.229 e. The van der Waals surface area contributed by atoms with Gasteiger partial charge in [-0.25, -0.2) is 18.4 Å². The molecule has 3 aromatic rings. The van der Waals surface area contributed by atoms with E-state index in [9.17, 15) is 8.42 Å². The van der Waals surface area contributed by atoms with Crippen LogP contribution < -0.4 is 14.9 Å². The Balaban J connectivity index is 1.58. The average molecular weight is 490 g/mol. The molecule has 7 nitrogen and oxygen atoms in total. The summed E-state index contributed by atoms with van der Waals surface area (Å²) in [6, 6.07) is 16.6. The maximum atomic E-state index is 11.4. The number of piperidine rings is 1. The van der Waals surface area contributed by atoms with Gasteiger partial charge in [-0.1, -0.05) is 11.6 Å². The lowest BCUT2D eigenvalue weighted by molar-refractivity contribution is 0.571. The van der Waals surface area contributed by atoms with Crippen LogP contribution in [-0.2, 0) is 10.0 Å². The number of sulfonamides is 1. The molecule has 1 aromatic heterocycles. The molecule has 1 saturated heterocycles. The third-order valence-corrected chi connectivity index (χ3v) is 6.59. The minimum absolute atomic E-state index is 0.518. The van der Waals surface area contributed by atoms with Crippen LogP contribution in [0, 0.1) is 0 Å². The van der Waals surface area contributed by atoms with E-state index in [1.54, 1.807) is 12.1 Å². The van der Waals surface area contributed by atoms with Gasteiger partial charge in [-0.2, -0.15) is 0 Å². The molecule has 32 heavy (non-hydrogen) atoms. The molecule has 4 rings (SSSR count). The van der Waals surface area contributed by atoms with E-state index < -0.39 is 10.0 Å². The van der Waals surface area contributed by atoms with Gasteiger partial charge in [0.05, 0.1) is 6.26 Å². The van der Waals surface area contributed by atoms with Crippen LogP contribution in [0.3, 0.4) is 0 Å². The van der Waals surface area contributed by atoms with Gasteiger partial charge in [-0.05, 0) is 79.6 Å². The second-order valence-electron chi connectivity index (χ2n) is 7.57. The Hall–Kier alpha value is -2.49. The Kier molecular flexibility index (Phi) is 7.07. The standard InChI is InChI=1S/C22H24ClN5O2S2/c1-32(29,30)27-18-9-11-19(12-10-18)31-22-25-20(24-17-7-5-16(23)6-8-17)15-21(26-22)28-13-3-2-4-14-28/h5-12,15,27H,2-4,13-14H2,1H3,(H,24,25,26). The van der Waals surface area contributed by atoms with Crippen molar-refractivity contribution in [1.29, 1.82) is 0 Å². The zero-order valence-corrected chi connectivity index (χ0v) is 20.0. The first-order valence-electron chi connectivity index (χ1n) is 10.3. The van der Waals surface area contributed by atoms with Crippen LogP contribution in [0.1, 0.15) is 19.3 Å². The molecule has 0 amide bonds. The molecule has 10 heteroatoms. The maximum absolute atomic E-state index is 11.4. The van der Waals surface area contributed by atoms with Crippen molar-refractivity contribution in [3.05, 3.63) is 59.6 Å². The van der Waals surface area contributed by atoms with Gasteiger partial charge in [0.2, 0.25) is 10.0 Å². The number of nitrogens with one attached hydrogen (secondary N) is 2. The van der Waals surface area contributed by atoms with Crippen LogP contribution in [0.15, 0.2) is 64.6 Å². The largest absolute Gasteiger partial charge is 0.356 e. The Morgan fingerprint density at radius 3 is 2.25 bits per heavy atom. The van der Waals surface area contributed by atoms with Gasteiger partial charge in [0.1, 0.15) is 11.6 Å². The monoisotopic (exact) mass is 489 g/mol. The van der Waals surface area contributed by atoms with Crippen molar-refractivity contribution in [2.24, 2.45) is 0 Å². The average Bonchev–Trinajstić information content (AvgIpc) is 2.76. The van der Waals surface area contributed by atoms with Gasteiger partial charge in [-0.3, -0.25) is 4.72 Å². The number of halogens is 1. The van der Waals surface area contributed by atoms with E-state index in [1.807, 2.05) is 42.5 Å². The summed E-state index contributed by atoms with van der Waals surface area (Å²) in [5.41, 5.74) is 1.41. The highest BCUT2D eigenvalue weighted by atomic mass is 35.5. The third-order valence-electron chi connectivity index (χ3n) is 4.86. The van der Waals surface area contributed by atoms with E-state index in [0.717, 1.165) is 48.6 Å². The molecule has 0 saturated carbocycles. The number of anilines is 4. The number of benzene rings is 2. The smallest absolute Gasteiger partial charge is 0.229 e. The molecular weight excluding hydrogens is 466 g/mol. The summed E-state index contributed by atoms with van der Waals surface area (Å²) < 4.78 is 25.3. The highest BCUT2D eigenvalue weighted by molar-refractivity contribution is 7.99. The van der Waals surface area contributed by atoms with Crippen LogP contribution in [0.4, 0.5) is 23.0 Å². The SMILES string of the molecule is CS(=O)(=O)Nc1ccc(Sc2nc(Nc3ccc(Cl)cc3)cc(N3CCCCC3)n2)cc1. The summed E-state index contributed by atoms with van der Waals surface area (Å²) in [6.45, 7) is 1.96. The van der Waals surface area contributed by atoms with Crippen LogP contribution in [0.2, 0.25) is 5.02 Å². The highest BCUT2D eigenvalue weighted by Crippen LogP contribution is 2.31. The van der Waals surface area contributed by atoms with E-state index >= 15 is 0 Å².